The Bertz CT molecular complexity index is 766. The average Bonchev–Trinajstić information content (AvgIpc) is 2.58. The fourth-order valence-electron chi connectivity index (χ4n) is 5.47. The smallest absolute Gasteiger partial charge is 0.243 e. The van der Waals surface area contributed by atoms with Gasteiger partial charge in [0.25, 0.3) is 0 Å². The summed E-state index contributed by atoms with van der Waals surface area (Å²) in [5.41, 5.74) is 0. The third-order valence-electron chi connectivity index (χ3n) is 6.44. The average molecular weight is 380 g/mol. The first kappa shape index (κ1) is 17.9. The molecule has 0 aromatic heterocycles. The molecule has 4 aliphatic rings. The van der Waals surface area contributed by atoms with Gasteiger partial charge < -0.3 is 5.32 Å². The first-order valence-electron chi connectivity index (χ1n) is 9.34. The van der Waals surface area contributed by atoms with Crippen molar-refractivity contribution in [2.75, 3.05) is 13.6 Å². The van der Waals surface area contributed by atoms with Crippen LogP contribution >= 0.6 is 0 Å². The van der Waals surface area contributed by atoms with Crippen molar-refractivity contribution in [1.82, 2.24) is 9.62 Å². The molecular weight excluding hydrogens is 355 g/mol. The minimum absolute atomic E-state index is 0.0103. The van der Waals surface area contributed by atoms with Crippen molar-refractivity contribution in [2.24, 2.45) is 23.7 Å². The van der Waals surface area contributed by atoms with Gasteiger partial charge in [0.2, 0.25) is 15.9 Å². The molecule has 7 heteroatoms. The lowest BCUT2D eigenvalue weighted by molar-refractivity contribution is -0.125. The molecule has 1 aromatic rings. The molecule has 4 aliphatic carbocycles. The summed E-state index contributed by atoms with van der Waals surface area (Å²) >= 11 is 0. The van der Waals surface area contributed by atoms with Crippen molar-refractivity contribution in [2.45, 2.75) is 43.0 Å². The zero-order valence-corrected chi connectivity index (χ0v) is 15.7. The molecule has 0 unspecified atom stereocenters. The summed E-state index contributed by atoms with van der Waals surface area (Å²) in [5, 5.41) is 3.12. The summed E-state index contributed by atoms with van der Waals surface area (Å²) in [6.45, 7) is -0.220. The van der Waals surface area contributed by atoms with Crippen LogP contribution in [0.4, 0.5) is 4.39 Å². The van der Waals surface area contributed by atoms with Crippen LogP contribution in [0.5, 0.6) is 0 Å². The van der Waals surface area contributed by atoms with Crippen LogP contribution in [0, 0.1) is 29.5 Å². The second kappa shape index (κ2) is 6.60. The maximum atomic E-state index is 13.0. The van der Waals surface area contributed by atoms with Crippen LogP contribution in [0.2, 0.25) is 0 Å². The van der Waals surface area contributed by atoms with E-state index in [9.17, 15) is 17.6 Å². The SMILES string of the molecule is CN(CC(=O)NC1C2CC3CC(C2)CC1C3)S(=O)(=O)c1ccc(F)cc1. The summed E-state index contributed by atoms with van der Waals surface area (Å²) in [6.07, 6.45) is 6.14. The van der Waals surface area contributed by atoms with E-state index >= 15 is 0 Å². The summed E-state index contributed by atoms with van der Waals surface area (Å²) in [5.74, 6) is 2.00. The second-order valence-corrected chi connectivity index (χ2v) is 10.3. The number of likely N-dealkylation sites (N-methyl/N-ethyl adjacent to an activating group) is 1. The van der Waals surface area contributed by atoms with Gasteiger partial charge in [-0.25, -0.2) is 12.8 Å². The van der Waals surface area contributed by atoms with E-state index in [-0.39, 0.29) is 23.4 Å². The standard InChI is InChI=1S/C19H25FN2O3S/c1-22(26(24,25)17-4-2-16(20)3-5-17)11-18(23)21-19-14-7-12-6-13(9-14)10-15(19)8-12/h2-5,12-15,19H,6-11H2,1H3,(H,21,23). The molecule has 0 spiro atoms. The topological polar surface area (TPSA) is 66.5 Å². The van der Waals surface area contributed by atoms with Crippen molar-refractivity contribution < 1.29 is 17.6 Å². The van der Waals surface area contributed by atoms with Gasteiger partial charge in [-0.2, -0.15) is 4.31 Å². The molecule has 1 N–H and O–H groups in total. The van der Waals surface area contributed by atoms with Gasteiger partial charge in [-0.05, 0) is 80.0 Å². The highest BCUT2D eigenvalue weighted by Gasteiger charge is 2.48. The van der Waals surface area contributed by atoms with Gasteiger partial charge in [0.1, 0.15) is 5.82 Å². The maximum Gasteiger partial charge on any atom is 0.243 e. The third kappa shape index (κ3) is 3.27. The van der Waals surface area contributed by atoms with Gasteiger partial charge in [0, 0.05) is 13.1 Å². The number of nitrogens with zero attached hydrogens (tertiary/aromatic N) is 1. The molecular formula is C19H25FN2O3S. The van der Waals surface area contributed by atoms with Crippen LogP contribution in [0.25, 0.3) is 0 Å². The minimum atomic E-state index is -3.81. The number of rotatable bonds is 5. The summed E-state index contributed by atoms with van der Waals surface area (Å²) in [4.78, 5) is 12.5. The molecule has 0 atom stereocenters. The molecule has 26 heavy (non-hydrogen) atoms. The summed E-state index contributed by atoms with van der Waals surface area (Å²) in [7, 11) is -2.42. The fourth-order valence-corrected chi connectivity index (χ4v) is 6.59. The van der Waals surface area contributed by atoms with Crippen molar-refractivity contribution in [3.05, 3.63) is 30.1 Å². The van der Waals surface area contributed by atoms with E-state index in [0.29, 0.717) is 11.8 Å². The van der Waals surface area contributed by atoms with Crippen LogP contribution in [0.15, 0.2) is 29.2 Å². The van der Waals surface area contributed by atoms with Gasteiger partial charge >= 0.3 is 0 Å². The Morgan fingerprint density at radius 1 is 1.08 bits per heavy atom. The van der Waals surface area contributed by atoms with E-state index in [1.807, 2.05) is 0 Å². The van der Waals surface area contributed by atoms with Gasteiger partial charge in [0.05, 0.1) is 11.4 Å². The van der Waals surface area contributed by atoms with Gasteiger partial charge in [-0.15, -0.1) is 0 Å². The predicted octanol–water partition coefficient (Wildman–Crippen LogP) is 2.39. The molecule has 4 bridgehead atoms. The van der Waals surface area contributed by atoms with Crippen LogP contribution in [0.3, 0.4) is 0 Å². The number of halogens is 1. The third-order valence-corrected chi connectivity index (χ3v) is 8.26. The Morgan fingerprint density at radius 2 is 1.62 bits per heavy atom. The van der Waals surface area contributed by atoms with Gasteiger partial charge in [0.15, 0.2) is 0 Å². The highest BCUT2D eigenvalue weighted by atomic mass is 32.2. The lowest BCUT2D eigenvalue weighted by Crippen LogP contribution is -2.57. The zero-order chi connectivity index (χ0) is 18.5. The number of carbonyl (C=O) groups is 1. The molecule has 0 radical (unpaired) electrons. The Labute approximate surface area is 154 Å². The van der Waals surface area contributed by atoms with Gasteiger partial charge in [-0.1, -0.05) is 0 Å². The molecule has 0 aliphatic heterocycles. The lowest BCUT2D eigenvalue weighted by Gasteiger charge is -2.54. The normalized spacial score (nSPS) is 32.8. The molecule has 4 fully saturated rings. The Hall–Kier alpha value is -1.47. The van der Waals surface area contributed by atoms with E-state index in [1.54, 1.807) is 0 Å². The Balaban J connectivity index is 1.39. The molecule has 0 heterocycles. The number of benzene rings is 1. The molecule has 5 nitrogen and oxygen atoms in total. The van der Waals surface area contributed by atoms with Crippen LogP contribution in [0.1, 0.15) is 32.1 Å². The highest BCUT2D eigenvalue weighted by Crippen LogP contribution is 2.53. The van der Waals surface area contributed by atoms with Gasteiger partial charge in [-0.3, -0.25) is 4.79 Å². The van der Waals surface area contributed by atoms with Crippen molar-refractivity contribution >= 4 is 15.9 Å². The van der Waals surface area contributed by atoms with Crippen molar-refractivity contribution in [1.29, 1.82) is 0 Å². The summed E-state index contributed by atoms with van der Waals surface area (Å²) in [6, 6.07) is 4.84. The first-order valence-corrected chi connectivity index (χ1v) is 10.8. The van der Waals surface area contributed by atoms with E-state index in [2.05, 4.69) is 5.32 Å². The van der Waals surface area contributed by atoms with Crippen molar-refractivity contribution in [3.8, 4) is 0 Å². The monoisotopic (exact) mass is 380 g/mol. The molecule has 142 valence electrons. The molecule has 4 saturated carbocycles. The number of amides is 1. The zero-order valence-electron chi connectivity index (χ0n) is 14.9. The van der Waals surface area contributed by atoms with E-state index in [0.717, 1.165) is 28.3 Å². The number of hydrogen-bond acceptors (Lipinski definition) is 3. The van der Waals surface area contributed by atoms with E-state index in [1.165, 1.54) is 51.3 Å². The molecule has 5 rings (SSSR count). The fraction of sp³-hybridized carbons (Fsp3) is 0.632. The Morgan fingerprint density at radius 3 is 2.15 bits per heavy atom. The Kier molecular flexibility index (Phi) is 4.55. The molecule has 1 aromatic carbocycles. The van der Waals surface area contributed by atoms with Crippen LogP contribution in [-0.4, -0.2) is 38.3 Å². The number of carbonyl (C=O) groups excluding carboxylic acids is 1. The quantitative estimate of drug-likeness (QED) is 0.853. The van der Waals surface area contributed by atoms with E-state index in [4.69, 9.17) is 0 Å². The second-order valence-electron chi connectivity index (χ2n) is 8.24. The number of sulfonamides is 1. The largest absolute Gasteiger partial charge is 0.352 e. The maximum absolute atomic E-state index is 13.0. The lowest BCUT2D eigenvalue weighted by atomic mass is 9.54. The highest BCUT2D eigenvalue weighted by molar-refractivity contribution is 7.89. The minimum Gasteiger partial charge on any atom is -0.352 e. The number of nitrogens with one attached hydrogen (secondary N) is 1. The van der Waals surface area contributed by atoms with Crippen molar-refractivity contribution in [3.63, 3.8) is 0 Å². The van der Waals surface area contributed by atoms with Crippen LogP contribution in [-0.2, 0) is 14.8 Å². The molecule has 1 amide bonds. The number of hydrogen-bond donors (Lipinski definition) is 1. The molecule has 0 saturated heterocycles. The van der Waals surface area contributed by atoms with Crippen LogP contribution < -0.4 is 5.32 Å². The summed E-state index contributed by atoms with van der Waals surface area (Å²) < 4.78 is 39.1. The first-order chi connectivity index (χ1) is 12.3. The predicted molar refractivity (Wildman–Crippen MR) is 95.2 cm³/mol. The van der Waals surface area contributed by atoms with E-state index < -0.39 is 15.8 Å².